The topological polar surface area (TPSA) is 96.5 Å². The van der Waals surface area contributed by atoms with Crippen LogP contribution in [-0.4, -0.2) is 42.1 Å². The van der Waals surface area contributed by atoms with Crippen LogP contribution in [0.2, 0.25) is 0 Å². The first-order chi connectivity index (χ1) is 18.5. The van der Waals surface area contributed by atoms with E-state index in [-0.39, 0.29) is 30.2 Å². The monoisotopic (exact) mass is 513 g/mol. The lowest BCUT2D eigenvalue weighted by Crippen LogP contribution is -2.71. The third kappa shape index (κ3) is 6.58. The van der Waals surface area contributed by atoms with Gasteiger partial charge in [0.05, 0.1) is 6.10 Å². The zero-order valence-corrected chi connectivity index (χ0v) is 21.5. The number of carbonyl (C=O) groups is 3. The van der Waals surface area contributed by atoms with Crippen LogP contribution >= 0.6 is 0 Å². The minimum absolute atomic E-state index is 0.0971. The molecule has 3 amide bonds. The molecule has 1 aliphatic carbocycles. The van der Waals surface area contributed by atoms with Gasteiger partial charge in [0.1, 0.15) is 6.04 Å². The van der Waals surface area contributed by atoms with Gasteiger partial charge in [-0.25, -0.2) is 0 Å². The molecule has 1 aliphatic heterocycles. The van der Waals surface area contributed by atoms with E-state index in [9.17, 15) is 14.4 Å². The Hall–Kier alpha value is -3.71. The molecule has 2 aliphatic rings. The molecule has 7 heteroatoms. The van der Waals surface area contributed by atoms with Gasteiger partial charge in [-0.15, -0.1) is 0 Å². The summed E-state index contributed by atoms with van der Waals surface area (Å²) in [6, 6.07) is 22.3. The number of nitrogens with one attached hydrogen (secondary N) is 3. The molecule has 2 fully saturated rings. The van der Waals surface area contributed by atoms with E-state index < -0.39 is 18.3 Å². The number of hydrogen-bond acceptors (Lipinski definition) is 4. The molecule has 38 heavy (non-hydrogen) atoms. The summed E-state index contributed by atoms with van der Waals surface area (Å²) >= 11 is 0. The molecule has 1 saturated heterocycles. The van der Waals surface area contributed by atoms with Crippen molar-refractivity contribution in [1.29, 1.82) is 0 Å². The summed E-state index contributed by atoms with van der Waals surface area (Å²) in [6.45, 7) is 0. The van der Waals surface area contributed by atoms with Crippen LogP contribution in [0, 0.1) is 0 Å². The highest BCUT2D eigenvalue weighted by Crippen LogP contribution is 2.24. The van der Waals surface area contributed by atoms with Gasteiger partial charge in [0.2, 0.25) is 17.7 Å². The molecule has 3 atom stereocenters. The number of carbonyl (C=O) groups excluding carboxylic acids is 3. The zero-order chi connectivity index (χ0) is 26.3. The number of fused-ring (bicyclic) bond motifs is 1. The summed E-state index contributed by atoms with van der Waals surface area (Å²) in [7, 11) is 0. The number of aryl methyl sites for hydroxylation is 1. The molecule has 3 aromatic rings. The van der Waals surface area contributed by atoms with Crippen molar-refractivity contribution in [2.24, 2.45) is 0 Å². The van der Waals surface area contributed by atoms with E-state index >= 15 is 0 Å². The summed E-state index contributed by atoms with van der Waals surface area (Å²) in [5.74, 6) is -0.856. The Labute approximate surface area is 223 Å². The van der Waals surface area contributed by atoms with Crippen LogP contribution in [0.3, 0.4) is 0 Å². The zero-order valence-electron chi connectivity index (χ0n) is 21.5. The smallest absolute Gasteiger partial charge is 0.249 e. The van der Waals surface area contributed by atoms with Gasteiger partial charge >= 0.3 is 0 Å². The van der Waals surface area contributed by atoms with Gasteiger partial charge in [-0.05, 0) is 41.2 Å². The molecule has 0 spiro atoms. The van der Waals surface area contributed by atoms with Crippen LogP contribution in [0.15, 0.2) is 72.8 Å². The van der Waals surface area contributed by atoms with Crippen molar-refractivity contribution in [3.05, 3.63) is 83.9 Å². The second-order valence-corrected chi connectivity index (χ2v) is 10.3. The Kier molecular flexibility index (Phi) is 8.34. The number of rotatable bonds is 10. The van der Waals surface area contributed by atoms with Crippen molar-refractivity contribution in [2.75, 3.05) is 0 Å². The van der Waals surface area contributed by atoms with Crippen molar-refractivity contribution >= 4 is 28.5 Å². The summed E-state index contributed by atoms with van der Waals surface area (Å²) < 4.78 is 6.09. The Morgan fingerprint density at radius 1 is 0.895 bits per heavy atom. The average Bonchev–Trinajstić information content (AvgIpc) is 2.95. The molecule has 3 aromatic carbocycles. The van der Waals surface area contributed by atoms with Crippen LogP contribution in [0.25, 0.3) is 10.8 Å². The Morgan fingerprint density at radius 3 is 2.39 bits per heavy atom. The molecule has 5 rings (SSSR count). The molecule has 0 bridgehead atoms. The first kappa shape index (κ1) is 25.9. The quantitative estimate of drug-likeness (QED) is 0.360. The lowest BCUT2D eigenvalue weighted by molar-refractivity contribution is -0.158. The van der Waals surface area contributed by atoms with Gasteiger partial charge in [0.15, 0.2) is 12.3 Å². The van der Waals surface area contributed by atoms with E-state index in [0.29, 0.717) is 12.8 Å². The van der Waals surface area contributed by atoms with Crippen molar-refractivity contribution in [3.8, 4) is 0 Å². The predicted molar refractivity (Wildman–Crippen MR) is 146 cm³/mol. The van der Waals surface area contributed by atoms with Gasteiger partial charge in [0, 0.05) is 12.8 Å². The van der Waals surface area contributed by atoms with E-state index in [4.69, 9.17) is 4.74 Å². The fourth-order valence-corrected chi connectivity index (χ4v) is 5.25. The van der Waals surface area contributed by atoms with E-state index in [2.05, 4.69) is 16.0 Å². The molecular formula is C31H35N3O4. The molecule has 3 N–H and O–H groups in total. The van der Waals surface area contributed by atoms with Crippen LogP contribution in [0.4, 0.5) is 0 Å². The third-order valence-corrected chi connectivity index (χ3v) is 7.45. The number of hydrogen-bond donors (Lipinski definition) is 3. The normalized spacial score (nSPS) is 20.3. The van der Waals surface area contributed by atoms with Crippen molar-refractivity contribution < 1.29 is 19.1 Å². The Morgan fingerprint density at radius 2 is 1.63 bits per heavy atom. The fraction of sp³-hybridized carbons (Fsp3) is 0.387. The maximum absolute atomic E-state index is 13.4. The van der Waals surface area contributed by atoms with Crippen LogP contribution in [-0.2, 0) is 32.0 Å². The number of benzene rings is 3. The lowest BCUT2D eigenvalue weighted by atomic mass is 9.97. The van der Waals surface area contributed by atoms with Crippen LogP contribution in [0.5, 0.6) is 0 Å². The van der Waals surface area contributed by atoms with Gasteiger partial charge < -0.3 is 20.7 Å². The number of β-lactam (4-membered cyclic amide) rings is 1. The van der Waals surface area contributed by atoms with E-state index in [1.54, 1.807) is 0 Å². The molecule has 0 radical (unpaired) electrons. The minimum atomic E-state index is -0.817. The highest BCUT2D eigenvalue weighted by molar-refractivity contribution is 5.95. The van der Waals surface area contributed by atoms with Gasteiger partial charge in [-0.2, -0.15) is 0 Å². The summed E-state index contributed by atoms with van der Waals surface area (Å²) in [5, 5.41) is 10.7. The standard InChI is InChI=1S/C31H35N3O4/c35-27(18-16-21-9-3-1-4-10-21)32-26(20-22-15-17-23-11-7-8-12-24(23)19-22)29(36)33-28-30(37)34-31(28)38-25-13-5-2-6-14-25/h1,3-4,7-12,15,17,19,25-26,28,31H,2,5-6,13-14,16,18,20H2,(H,32,35)(H,33,36)(H,34,37)/t26-,28+,31?/m0/s1. The maximum Gasteiger partial charge on any atom is 0.249 e. The second-order valence-electron chi connectivity index (χ2n) is 10.3. The van der Waals surface area contributed by atoms with Crippen LogP contribution in [0.1, 0.15) is 49.7 Å². The Balaban J connectivity index is 1.26. The minimum Gasteiger partial charge on any atom is -0.352 e. The van der Waals surface area contributed by atoms with Crippen molar-refractivity contribution in [2.45, 2.75) is 75.8 Å². The highest BCUT2D eigenvalue weighted by Gasteiger charge is 2.43. The lowest BCUT2D eigenvalue weighted by Gasteiger charge is -2.40. The fourth-order valence-electron chi connectivity index (χ4n) is 5.25. The van der Waals surface area contributed by atoms with Gasteiger partial charge in [-0.1, -0.05) is 92.1 Å². The number of ether oxygens (including phenoxy) is 1. The SMILES string of the molecule is O=C(CCc1ccccc1)N[C@@H](Cc1ccc2ccccc2c1)C(=O)N[C@@H]1C(=O)NC1OC1CCCCC1. The van der Waals surface area contributed by atoms with Gasteiger partial charge in [0.25, 0.3) is 0 Å². The summed E-state index contributed by atoms with van der Waals surface area (Å²) in [4.78, 5) is 38.7. The molecule has 1 heterocycles. The van der Waals surface area contributed by atoms with Crippen LogP contribution < -0.4 is 16.0 Å². The first-order valence-electron chi connectivity index (χ1n) is 13.6. The summed E-state index contributed by atoms with van der Waals surface area (Å²) in [6.07, 6.45) is 6.10. The first-order valence-corrected chi connectivity index (χ1v) is 13.6. The third-order valence-electron chi connectivity index (χ3n) is 7.45. The number of amides is 3. The molecule has 198 valence electrons. The van der Waals surface area contributed by atoms with E-state index in [0.717, 1.165) is 47.6 Å². The molecule has 7 nitrogen and oxygen atoms in total. The maximum atomic E-state index is 13.4. The molecule has 1 unspecified atom stereocenters. The van der Waals surface area contributed by atoms with E-state index in [1.165, 1.54) is 6.42 Å². The van der Waals surface area contributed by atoms with Crippen molar-refractivity contribution in [1.82, 2.24) is 16.0 Å². The van der Waals surface area contributed by atoms with E-state index in [1.807, 2.05) is 72.8 Å². The second kappa shape index (κ2) is 12.2. The Bertz CT molecular complexity index is 1270. The van der Waals surface area contributed by atoms with Gasteiger partial charge in [-0.3, -0.25) is 14.4 Å². The molecule has 0 aromatic heterocycles. The molecular weight excluding hydrogens is 478 g/mol. The molecule has 1 saturated carbocycles. The highest BCUT2D eigenvalue weighted by atomic mass is 16.5. The van der Waals surface area contributed by atoms with Crippen molar-refractivity contribution in [3.63, 3.8) is 0 Å². The predicted octanol–water partition coefficient (Wildman–Crippen LogP) is 3.79. The summed E-state index contributed by atoms with van der Waals surface area (Å²) in [5.41, 5.74) is 1.99. The average molecular weight is 514 g/mol. The largest absolute Gasteiger partial charge is 0.352 e.